The number of nitrogens with one attached hydrogen (secondary N) is 1. The number of nitrogens with two attached hydrogens (primary N) is 1. The van der Waals surface area contributed by atoms with Gasteiger partial charge in [0.1, 0.15) is 11.6 Å². The van der Waals surface area contributed by atoms with E-state index in [9.17, 15) is 0 Å². The fourth-order valence-electron chi connectivity index (χ4n) is 3.44. The third kappa shape index (κ3) is 4.14. The average molecular weight is 406 g/mol. The van der Waals surface area contributed by atoms with E-state index in [4.69, 9.17) is 20.2 Å². The van der Waals surface area contributed by atoms with Crippen LogP contribution < -0.4 is 11.2 Å². The van der Waals surface area contributed by atoms with Crippen LogP contribution in [0.2, 0.25) is 0 Å². The molecule has 1 unspecified atom stereocenters. The van der Waals surface area contributed by atoms with Crippen LogP contribution in [0.1, 0.15) is 5.56 Å². The van der Waals surface area contributed by atoms with Crippen LogP contribution in [-0.2, 0) is 9.47 Å². The molecule has 0 aliphatic carbocycles. The molecule has 1 atom stereocenters. The highest BCUT2D eigenvalue weighted by Gasteiger charge is 2.31. The predicted molar refractivity (Wildman–Crippen MR) is 118 cm³/mol. The van der Waals surface area contributed by atoms with Crippen molar-refractivity contribution in [2.75, 3.05) is 33.4 Å². The second kappa shape index (κ2) is 8.98. The Morgan fingerprint density at radius 1 is 1.33 bits per heavy atom. The van der Waals surface area contributed by atoms with Crippen LogP contribution in [0.4, 0.5) is 0 Å². The first-order valence-corrected chi connectivity index (χ1v) is 9.86. The summed E-state index contributed by atoms with van der Waals surface area (Å²) in [7, 11) is 1.54. The van der Waals surface area contributed by atoms with Crippen LogP contribution in [0.25, 0.3) is 5.57 Å². The van der Waals surface area contributed by atoms with Gasteiger partial charge in [-0.25, -0.2) is 20.4 Å². The largest absolute Gasteiger partial charge is 0.482 e. The van der Waals surface area contributed by atoms with Gasteiger partial charge < -0.3 is 20.1 Å². The molecule has 1 aromatic rings. The summed E-state index contributed by atoms with van der Waals surface area (Å²) in [4.78, 5) is 11.6. The molecule has 0 spiro atoms. The van der Waals surface area contributed by atoms with E-state index in [-0.39, 0.29) is 6.04 Å². The lowest BCUT2D eigenvalue weighted by Crippen LogP contribution is -2.47. The summed E-state index contributed by atoms with van der Waals surface area (Å²) in [5, 5.41) is 1.98. The lowest BCUT2D eigenvalue weighted by molar-refractivity contribution is 0.0366. The van der Waals surface area contributed by atoms with Gasteiger partial charge in [-0.2, -0.15) is 0 Å². The third-order valence-corrected chi connectivity index (χ3v) is 5.04. The Labute approximate surface area is 176 Å². The second-order valence-electron chi connectivity index (χ2n) is 6.93. The molecule has 0 aromatic heterocycles. The molecule has 0 saturated carbocycles. The molecular weight excluding hydrogens is 380 g/mol. The van der Waals surface area contributed by atoms with E-state index in [0.29, 0.717) is 30.5 Å². The number of hydrazine groups is 1. The molecule has 3 aliphatic heterocycles. The molecule has 1 aromatic carbocycles. The van der Waals surface area contributed by atoms with E-state index in [1.807, 2.05) is 53.6 Å². The van der Waals surface area contributed by atoms with Gasteiger partial charge in [0.05, 0.1) is 31.9 Å². The third-order valence-electron chi connectivity index (χ3n) is 5.04. The monoisotopic (exact) mass is 406 g/mol. The van der Waals surface area contributed by atoms with Crippen molar-refractivity contribution in [3.63, 3.8) is 0 Å². The number of rotatable bonds is 5. The normalized spacial score (nSPS) is 22.2. The van der Waals surface area contributed by atoms with Crippen LogP contribution in [0.3, 0.4) is 0 Å². The molecule has 0 radical (unpaired) electrons. The van der Waals surface area contributed by atoms with Crippen molar-refractivity contribution in [3.05, 3.63) is 78.2 Å². The van der Waals surface area contributed by atoms with Crippen molar-refractivity contribution in [1.29, 1.82) is 0 Å². The fourth-order valence-corrected chi connectivity index (χ4v) is 3.44. The molecule has 1 saturated heterocycles. The smallest absolute Gasteiger partial charge is 0.193 e. The number of fused-ring (bicyclic) bond motifs is 1. The van der Waals surface area contributed by atoms with Crippen molar-refractivity contribution in [1.82, 2.24) is 15.3 Å². The fraction of sp³-hybridized carbons (Fsp3) is 0.273. The Hall–Kier alpha value is -3.36. The quantitative estimate of drug-likeness (QED) is 0.441. The van der Waals surface area contributed by atoms with E-state index in [1.165, 1.54) is 0 Å². The number of benzene rings is 1. The highest BCUT2D eigenvalue weighted by atomic mass is 16.5. The van der Waals surface area contributed by atoms with Crippen molar-refractivity contribution in [2.45, 2.75) is 6.04 Å². The molecule has 8 nitrogen and oxygen atoms in total. The second-order valence-corrected chi connectivity index (χ2v) is 6.93. The highest BCUT2D eigenvalue weighted by molar-refractivity contribution is 6.15. The molecule has 0 amide bonds. The molecule has 3 N–H and O–H groups in total. The van der Waals surface area contributed by atoms with E-state index in [1.54, 1.807) is 13.3 Å². The van der Waals surface area contributed by atoms with E-state index in [0.717, 1.165) is 30.3 Å². The maximum Gasteiger partial charge on any atom is 0.193 e. The van der Waals surface area contributed by atoms with E-state index in [2.05, 4.69) is 21.9 Å². The van der Waals surface area contributed by atoms with Crippen molar-refractivity contribution < 1.29 is 9.47 Å². The zero-order valence-electron chi connectivity index (χ0n) is 17.0. The van der Waals surface area contributed by atoms with Gasteiger partial charge in [0, 0.05) is 25.4 Å². The summed E-state index contributed by atoms with van der Waals surface area (Å²) < 4.78 is 10.8. The van der Waals surface area contributed by atoms with Gasteiger partial charge in [-0.05, 0) is 11.6 Å². The number of hydrogen-bond acceptors (Lipinski definition) is 8. The minimum absolute atomic E-state index is 0.0143. The topological polar surface area (TPSA) is 87.7 Å². The van der Waals surface area contributed by atoms with Gasteiger partial charge >= 0.3 is 0 Å². The number of nitrogens with zero attached hydrogens (tertiary/aromatic N) is 4. The first kappa shape index (κ1) is 19.9. The number of allylic oxidation sites excluding steroid dienone is 1. The standard InChI is InChI=1S/C22H26N6O2/c1-3-17-13-20-25-19(14-21(28(20)26-17)27-9-11-30-12-10-27)24-15-18(22(23)29-2)16-7-5-4-6-8-16/h3-8,13-15,17,26H,1,9-12,23H2,2H3. The minimum Gasteiger partial charge on any atom is -0.482 e. The summed E-state index contributed by atoms with van der Waals surface area (Å²) >= 11 is 0. The number of amidine groups is 1. The zero-order chi connectivity index (χ0) is 20.9. The maximum atomic E-state index is 6.08. The summed E-state index contributed by atoms with van der Waals surface area (Å²) in [5.74, 6) is 2.67. The van der Waals surface area contributed by atoms with Crippen molar-refractivity contribution in [2.24, 2.45) is 15.7 Å². The van der Waals surface area contributed by atoms with Crippen LogP contribution in [0, 0.1) is 0 Å². The van der Waals surface area contributed by atoms with Crippen LogP contribution in [0.5, 0.6) is 0 Å². The average Bonchev–Trinajstić information content (AvgIpc) is 3.23. The molecule has 8 heteroatoms. The minimum atomic E-state index is 0.0143. The van der Waals surface area contributed by atoms with Crippen molar-refractivity contribution in [3.8, 4) is 0 Å². The summed E-state index contributed by atoms with van der Waals surface area (Å²) in [5.41, 5.74) is 11.1. The van der Waals surface area contributed by atoms with Gasteiger partial charge in [0.15, 0.2) is 11.7 Å². The maximum absolute atomic E-state index is 6.08. The SMILES string of the molecule is C=CC1C=C2N=C(N=CC(=C(N)OC)c3ccccc3)C=C(N3CCOCC3)N2N1. The molecule has 30 heavy (non-hydrogen) atoms. The van der Waals surface area contributed by atoms with E-state index < -0.39 is 0 Å². The summed E-state index contributed by atoms with van der Waals surface area (Å²) in [6.07, 6.45) is 7.52. The number of aliphatic imine (C=N–C) groups is 2. The van der Waals surface area contributed by atoms with Gasteiger partial charge in [-0.1, -0.05) is 36.4 Å². The molecule has 3 aliphatic rings. The first-order chi connectivity index (χ1) is 14.7. The Morgan fingerprint density at radius 2 is 2.10 bits per heavy atom. The number of morpholine rings is 1. The Bertz CT molecular complexity index is 942. The van der Waals surface area contributed by atoms with Crippen LogP contribution >= 0.6 is 0 Å². The predicted octanol–water partition coefficient (Wildman–Crippen LogP) is 1.83. The Kier molecular flexibility index (Phi) is 5.97. The summed E-state index contributed by atoms with van der Waals surface area (Å²) in [6.45, 7) is 6.87. The number of ether oxygens (including phenoxy) is 2. The Balaban J connectivity index is 1.67. The lowest BCUT2D eigenvalue weighted by atomic mass is 10.1. The van der Waals surface area contributed by atoms with Gasteiger partial charge in [-0.3, -0.25) is 0 Å². The van der Waals surface area contributed by atoms with Gasteiger partial charge in [0.25, 0.3) is 0 Å². The zero-order valence-corrected chi connectivity index (χ0v) is 17.0. The van der Waals surface area contributed by atoms with Gasteiger partial charge in [-0.15, -0.1) is 6.58 Å². The molecule has 1 fully saturated rings. The van der Waals surface area contributed by atoms with E-state index >= 15 is 0 Å². The van der Waals surface area contributed by atoms with Crippen molar-refractivity contribution >= 4 is 17.6 Å². The lowest BCUT2D eigenvalue weighted by Gasteiger charge is -2.37. The Morgan fingerprint density at radius 3 is 2.80 bits per heavy atom. The van der Waals surface area contributed by atoms with Crippen LogP contribution in [0.15, 0.2) is 82.6 Å². The molecule has 4 rings (SSSR count). The highest BCUT2D eigenvalue weighted by Crippen LogP contribution is 2.27. The molecule has 0 bridgehead atoms. The summed E-state index contributed by atoms with van der Waals surface area (Å²) in [6, 6.07) is 9.79. The molecular formula is C22H26N6O2. The number of hydrogen-bond donors (Lipinski definition) is 2. The molecule has 156 valence electrons. The molecule has 3 heterocycles. The van der Waals surface area contributed by atoms with Crippen LogP contribution in [-0.4, -0.2) is 61.4 Å². The first-order valence-electron chi connectivity index (χ1n) is 9.86. The number of methoxy groups -OCH3 is 1. The van der Waals surface area contributed by atoms with Gasteiger partial charge in [0.2, 0.25) is 0 Å².